The van der Waals surface area contributed by atoms with E-state index in [2.05, 4.69) is 20.9 Å². The van der Waals surface area contributed by atoms with Crippen LogP contribution < -0.4 is 16.0 Å². The molecule has 0 amide bonds. The Hall–Kier alpha value is -1.93. The Morgan fingerprint density at radius 2 is 1.91 bits per heavy atom. The smallest absolute Gasteiger partial charge is 0.132 e. The van der Waals surface area contributed by atoms with Gasteiger partial charge in [-0.15, -0.1) is 0 Å². The fourth-order valence-electron chi connectivity index (χ4n) is 4.73. The van der Waals surface area contributed by atoms with Gasteiger partial charge in [0.1, 0.15) is 11.5 Å². The van der Waals surface area contributed by atoms with Crippen LogP contribution in [0.25, 0.3) is 11.1 Å². The highest BCUT2D eigenvalue weighted by Crippen LogP contribution is 2.32. The normalized spacial score (nSPS) is 22.3. The van der Waals surface area contributed by atoms with Crippen molar-refractivity contribution in [2.24, 2.45) is 0 Å². The maximum atomic E-state index is 14.9. The van der Waals surface area contributed by atoms with Gasteiger partial charge >= 0.3 is 0 Å². The van der Waals surface area contributed by atoms with Gasteiger partial charge in [-0.3, -0.25) is 0 Å². The van der Waals surface area contributed by atoms with E-state index >= 15 is 0 Å². The quantitative estimate of drug-likeness (QED) is 0.393. The summed E-state index contributed by atoms with van der Waals surface area (Å²) < 4.78 is 25.4. The van der Waals surface area contributed by atoms with Crippen LogP contribution >= 0.6 is 11.6 Å². The van der Waals surface area contributed by atoms with Crippen LogP contribution in [0.2, 0.25) is 5.02 Å². The van der Waals surface area contributed by atoms with Crippen LogP contribution in [-0.2, 0) is 9.47 Å². The second-order valence-corrected chi connectivity index (χ2v) is 9.79. The zero-order valence-electron chi connectivity index (χ0n) is 19.9. The third kappa shape index (κ3) is 7.04. The van der Waals surface area contributed by atoms with E-state index in [-0.39, 0.29) is 6.54 Å². The molecule has 186 valence electrons. The summed E-state index contributed by atoms with van der Waals surface area (Å²) in [5, 5.41) is 11.0. The minimum Gasteiger partial charge on any atom is -0.383 e. The number of nitrogens with one attached hydrogen (secondary N) is 3. The molecule has 0 atom stereocenters. The van der Waals surface area contributed by atoms with E-state index in [1.54, 1.807) is 13.3 Å². The van der Waals surface area contributed by atoms with Gasteiger partial charge in [0, 0.05) is 75.8 Å². The number of alkyl halides is 1. The number of anilines is 2. The van der Waals surface area contributed by atoms with E-state index in [1.165, 1.54) is 0 Å². The summed E-state index contributed by atoms with van der Waals surface area (Å²) in [7, 11) is 1.73. The number of ether oxygens (including phenoxy) is 2. The number of rotatable bonds is 10. The molecule has 3 N–H and O–H groups in total. The molecule has 0 radical (unpaired) electrons. The summed E-state index contributed by atoms with van der Waals surface area (Å²) in [5.41, 5.74) is 1.55. The maximum absolute atomic E-state index is 14.9. The van der Waals surface area contributed by atoms with Gasteiger partial charge in [-0.05, 0) is 49.4 Å². The fraction of sp³-hybridized carbons (Fsp3) is 0.577. The lowest BCUT2D eigenvalue weighted by molar-refractivity contribution is -0.00115. The molecule has 2 aliphatic rings. The van der Waals surface area contributed by atoms with Crippen LogP contribution in [0.5, 0.6) is 0 Å². The molecule has 1 saturated carbocycles. The Kier molecular flexibility index (Phi) is 9.00. The van der Waals surface area contributed by atoms with Crippen LogP contribution in [-0.4, -0.2) is 62.8 Å². The van der Waals surface area contributed by atoms with E-state index < -0.39 is 5.67 Å². The Morgan fingerprint density at radius 1 is 1.15 bits per heavy atom. The highest BCUT2D eigenvalue weighted by atomic mass is 35.5. The summed E-state index contributed by atoms with van der Waals surface area (Å²) in [4.78, 5) is 4.52. The van der Waals surface area contributed by atoms with Crippen LogP contribution in [0.15, 0.2) is 36.5 Å². The standard InChI is InChI=1S/C26H36ClFN4O2/c1-33-14-11-29-20-5-7-21(8-6-20)32-25-16-23(24(27)17-30-25)19-3-2-4-22(15-19)31-18-26(28)9-12-34-13-10-26/h2-4,15-17,20-21,29,31H,5-14,18H2,1H3,(H,30,32)/t20-,21-. The first kappa shape index (κ1) is 25.2. The van der Waals surface area contributed by atoms with E-state index in [0.717, 1.165) is 61.5 Å². The zero-order valence-corrected chi connectivity index (χ0v) is 20.7. The van der Waals surface area contributed by atoms with E-state index in [1.807, 2.05) is 30.3 Å². The highest BCUT2D eigenvalue weighted by Gasteiger charge is 2.32. The van der Waals surface area contributed by atoms with Crippen LogP contribution in [0.1, 0.15) is 38.5 Å². The molecule has 1 aromatic carbocycles. The van der Waals surface area contributed by atoms with Crippen molar-refractivity contribution in [3.63, 3.8) is 0 Å². The zero-order chi connectivity index (χ0) is 23.8. The number of hydrogen-bond acceptors (Lipinski definition) is 6. The number of nitrogens with zero attached hydrogens (tertiary/aromatic N) is 1. The van der Waals surface area contributed by atoms with Crippen molar-refractivity contribution in [2.45, 2.75) is 56.3 Å². The molecular weight excluding hydrogens is 455 g/mol. The molecule has 4 rings (SSSR count). The molecule has 1 aromatic heterocycles. The number of benzene rings is 1. The number of aromatic nitrogens is 1. The number of pyridine rings is 1. The van der Waals surface area contributed by atoms with Crippen LogP contribution in [0, 0.1) is 0 Å². The predicted molar refractivity (Wildman–Crippen MR) is 137 cm³/mol. The first-order chi connectivity index (χ1) is 16.5. The van der Waals surface area contributed by atoms with Crippen molar-refractivity contribution < 1.29 is 13.9 Å². The number of hydrogen-bond donors (Lipinski definition) is 3. The number of methoxy groups -OCH3 is 1. The topological polar surface area (TPSA) is 67.4 Å². The monoisotopic (exact) mass is 490 g/mol. The molecule has 2 fully saturated rings. The van der Waals surface area contributed by atoms with Gasteiger partial charge in [0.25, 0.3) is 0 Å². The minimum atomic E-state index is -1.22. The van der Waals surface area contributed by atoms with E-state index in [0.29, 0.717) is 43.2 Å². The molecule has 1 saturated heterocycles. The van der Waals surface area contributed by atoms with Crippen LogP contribution in [0.4, 0.5) is 15.9 Å². The largest absolute Gasteiger partial charge is 0.383 e. The molecule has 2 aromatic rings. The first-order valence-corrected chi connectivity index (χ1v) is 12.7. The second-order valence-electron chi connectivity index (χ2n) is 9.39. The molecule has 1 aliphatic heterocycles. The van der Waals surface area contributed by atoms with Gasteiger partial charge in [0.2, 0.25) is 0 Å². The van der Waals surface area contributed by atoms with Crippen molar-refractivity contribution in [3.05, 3.63) is 41.6 Å². The lowest BCUT2D eigenvalue weighted by atomic mass is 9.91. The lowest BCUT2D eigenvalue weighted by Gasteiger charge is -2.30. The van der Waals surface area contributed by atoms with Crippen LogP contribution in [0.3, 0.4) is 0 Å². The molecular formula is C26H36ClFN4O2. The van der Waals surface area contributed by atoms with Crippen molar-refractivity contribution >= 4 is 23.1 Å². The molecule has 0 unspecified atom stereocenters. The predicted octanol–water partition coefficient (Wildman–Crippen LogP) is 5.29. The second kappa shape index (κ2) is 12.2. The third-order valence-electron chi connectivity index (χ3n) is 6.85. The minimum absolute atomic E-state index is 0.277. The lowest BCUT2D eigenvalue weighted by Crippen LogP contribution is -2.38. The maximum Gasteiger partial charge on any atom is 0.132 e. The van der Waals surface area contributed by atoms with Gasteiger partial charge in [-0.1, -0.05) is 23.7 Å². The number of halogens is 2. The molecule has 0 spiro atoms. The summed E-state index contributed by atoms with van der Waals surface area (Å²) in [6.07, 6.45) is 7.02. The van der Waals surface area contributed by atoms with Gasteiger partial charge in [0.05, 0.1) is 11.6 Å². The summed E-state index contributed by atoms with van der Waals surface area (Å²) in [6, 6.07) is 10.9. The van der Waals surface area contributed by atoms with E-state index in [4.69, 9.17) is 21.1 Å². The molecule has 34 heavy (non-hydrogen) atoms. The molecule has 0 bridgehead atoms. The summed E-state index contributed by atoms with van der Waals surface area (Å²) in [6.45, 7) is 2.88. The van der Waals surface area contributed by atoms with Gasteiger partial charge < -0.3 is 25.4 Å². The average molecular weight is 491 g/mol. The fourth-order valence-corrected chi connectivity index (χ4v) is 4.94. The van der Waals surface area contributed by atoms with E-state index in [9.17, 15) is 4.39 Å². The Balaban J connectivity index is 1.36. The van der Waals surface area contributed by atoms with Crippen molar-refractivity contribution in [2.75, 3.05) is 50.7 Å². The van der Waals surface area contributed by atoms with Crippen molar-refractivity contribution in [1.29, 1.82) is 0 Å². The molecule has 1 aliphatic carbocycles. The van der Waals surface area contributed by atoms with Crippen molar-refractivity contribution in [3.8, 4) is 11.1 Å². The molecule has 2 heterocycles. The average Bonchev–Trinajstić information content (AvgIpc) is 2.86. The summed E-state index contributed by atoms with van der Waals surface area (Å²) in [5.74, 6) is 0.832. The molecule has 8 heteroatoms. The Morgan fingerprint density at radius 3 is 2.68 bits per heavy atom. The van der Waals surface area contributed by atoms with Gasteiger partial charge in [-0.25, -0.2) is 9.37 Å². The summed E-state index contributed by atoms with van der Waals surface area (Å²) >= 11 is 6.52. The Bertz CT molecular complexity index is 917. The van der Waals surface area contributed by atoms with Crippen molar-refractivity contribution in [1.82, 2.24) is 10.3 Å². The Labute approximate surface area is 207 Å². The first-order valence-electron chi connectivity index (χ1n) is 12.3. The third-order valence-corrected chi connectivity index (χ3v) is 7.15. The molecule has 6 nitrogen and oxygen atoms in total. The SMILES string of the molecule is COCCN[C@H]1CC[C@H](Nc2cc(-c3cccc(NCC4(F)CCOCC4)c3)c(Cl)cn2)CC1. The van der Waals surface area contributed by atoms with Gasteiger partial charge in [0.15, 0.2) is 0 Å². The van der Waals surface area contributed by atoms with Gasteiger partial charge in [-0.2, -0.15) is 0 Å². The highest BCUT2D eigenvalue weighted by molar-refractivity contribution is 6.33.